The van der Waals surface area contributed by atoms with Crippen molar-refractivity contribution in [3.05, 3.63) is 39.3 Å². The number of ether oxygens (including phenoxy) is 1. The van der Waals surface area contributed by atoms with Crippen LogP contribution in [0.1, 0.15) is 16.6 Å². The van der Waals surface area contributed by atoms with Crippen LogP contribution in [0.25, 0.3) is 0 Å². The molecular formula is C12H10Cl2N2O4S2. The summed E-state index contributed by atoms with van der Waals surface area (Å²) in [5, 5.41) is 0.286. The van der Waals surface area contributed by atoms with Crippen molar-refractivity contribution < 1.29 is 17.9 Å². The average molecular weight is 381 g/mol. The van der Waals surface area contributed by atoms with Crippen molar-refractivity contribution in [1.82, 2.24) is 4.98 Å². The summed E-state index contributed by atoms with van der Waals surface area (Å²) >= 11 is 12.5. The second kappa shape index (κ2) is 6.82. The SMILES string of the molecule is CCOC(=O)c1cnc(NS(=O)(=O)c2cc(Cl)ccc2Cl)s1. The predicted octanol–water partition coefficient (Wildman–Crippen LogP) is 3.43. The van der Waals surface area contributed by atoms with E-state index in [1.807, 2.05) is 0 Å². The minimum absolute atomic E-state index is 0.0269. The molecule has 0 aliphatic heterocycles. The van der Waals surface area contributed by atoms with Gasteiger partial charge in [0.2, 0.25) is 0 Å². The Hall–Kier alpha value is -1.35. The predicted molar refractivity (Wildman–Crippen MR) is 85.3 cm³/mol. The van der Waals surface area contributed by atoms with Crippen LogP contribution in [-0.2, 0) is 14.8 Å². The highest BCUT2D eigenvalue weighted by Crippen LogP contribution is 2.28. The maximum Gasteiger partial charge on any atom is 0.350 e. The van der Waals surface area contributed by atoms with Crippen molar-refractivity contribution in [1.29, 1.82) is 0 Å². The highest BCUT2D eigenvalue weighted by atomic mass is 35.5. The van der Waals surface area contributed by atoms with E-state index < -0.39 is 16.0 Å². The van der Waals surface area contributed by atoms with Crippen LogP contribution in [0.15, 0.2) is 29.3 Å². The average Bonchev–Trinajstić information content (AvgIpc) is 2.89. The lowest BCUT2D eigenvalue weighted by Crippen LogP contribution is -2.13. The molecule has 0 bridgehead atoms. The highest BCUT2D eigenvalue weighted by Gasteiger charge is 2.21. The van der Waals surface area contributed by atoms with Crippen LogP contribution in [0.5, 0.6) is 0 Å². The van der Waals surface area contributed by atoms with Crippen LogP contribution in [0.3, 0.4) is 0 Å². The molecule has 0 radical (unpaired) electrons. The Morgan fingerprint density at radius 1 is 1.41 bits per heavy atom. The van der Waals surface area contributed by atoms with Gasteiger partial charge in [0.05, 0.1) is 17.8 Å². The third kappa shape index (κ3) is 3.89. The lowest BCUT2D eigenvalue weighted by molar-refractivity contribution is 0.0532. The van der Waals surface area contributed by atoms with Crippen molar-refractivity contribution in [3.8, 4) is 0 Å². The van der Waals surface area contributed by atoms with Gasteiger partial charge in [-0.2, -0.15) is 0 Å². The van der Waals surface area contributed by atoms with Crippen LogP contribution < -0.4 is 4.72 Å². The second-order valence-corrected chi connectivity index (χ2v) is 7.46. The maximum absolute atomic E-state index is 12.3. The molecule has 2 rings (SSSR count). The first-order valence-electron chi connectivity index (χ1n) is 5.94. The first-order valence-corrected chi connectivity index (χ1v) is 9.00. The maximum atomic E-state index is 12.3. The molecule has 0 amide bonds. The number of benzene rings is 1. The molecule has 0 fully saturated rings. The molecule has 0 aliphatic rings. The molecular weight excluding hydrogens is 371 g/mol. The summed E-state index contributed by atoms with van der Waals surface area (Å²) in [6.07, 6.45) is 1.24. The number of thiazole rings is 1. The standard InChI is InChI=1S/C12H10Cl2N2O4S2/c1-2-20-11(17)9-6-15-12(21-9)16-22(18,19)10-5-7(13)3-4-8(10)14/h3-6H,2H2,1H3,(H,15,16). The summed E-state index contributed by atoms with van der Waals surface area (Å²) < 4.78 is 31.6. The van der Waals surface area contributed by atoms with Crippen molar-refractivity contribution >= 4 is 55.7 Å². The van der Waals surface area contributed by atoms with Crippen molar-refractivity contribution in [2.45, 2.75) is 11.8 Å². The van der Waals surface area contributed by atoms with E-state index in [-0.39, 0.29) is 31.6 Å². The number of esters is 1. The molecule has 118 valence electrons. The van der Waals surface area contributed by atoms with E-state index in [0.29, 0.717) is 0 Å². The summed E-state index contributed by atoms with van der Waals surface area (Å²) in [4.78, 5) is 15.4. The number of anilines is 1. The Kier molecular flexibility index (Phi) is 5.28. The summed E-state index contributed by atoms with van der Waals surface area (Å²) in [6, 6.07) is 4.08. The van der Waals surface area contributed by atoms with E-state index >= 15 is 0 Å². The molecule has 1 aromatic heterocycles. The molecule has 0 saturated carbocycles. The van der Waals surface area contributed by atoms with Crippen molar-refractivity contribution in [2.24, 2.45) is 0 Å². The Bertz CT molecular complexity index is 805. The number of hydrogen-bond donors (Lipinski definition) is 1. The smallest absolute Gasteiger partial charge is 0.350 e. The molecule has 1 N–H and O–H groups in total. The van der Waals surface area contributed by atoms with E-state index in [1.54, 1.807) is 6.92 Å². The van der Waals surface area contributed by atoms with Gasteiger partial charge in [-0.05, 0) is 25.1 Å². The van der Waals surface area contributed by atoms with Crippen LogP contribution in [0.2, 0.25) is 10.0 Å². The number of nitrogens with zero attached hydrogens (tertiary/aromatic N) is 1. The molecule has 6 nitrogen and oxygen atoms in total. The third-order valence-corrected chi connectivity index (χ3v) is 5.46. The molecule has 0 atom stereocenters. The van der Waals surface area contributed by atoms with Gasteiger partial charge >= 0.3 is 5.97 Å². The first-order chi connectivity index (χ1) is 10.3. The number of nitrogens with one attached hydrogen (secondary N) is 1. The molecule has 1 aromatic carbocycles. The van der Waals surface area contributed by atoms with Crippen LogP contribution in [0.4, 0.5) is 5.13 Å². The summed E-state index contributed by atoms with van der Waals surface area (Å²) in [7, 11) is -3.96. The molecule has 0 aliphatic carbocycles. The zero-order valence-electron chi connectivity index (χ0n) is 11.2. The van der Waals surface area contributed by atoms with E-state index in [0.717, 1.165) is 11.3 Å². The van der Waals surface area contributed by atoms with Gasteiger partial charge in [0, 0.05) is 5.02 Å². The van der Waals surface area contributed by atoms with Gasteiger partial charge < -0.3 is 4.74 Å². The van der Waals surface area contributed by atoms with E-state index in [4.69, 9.17) is 27.9 Å². The summed E-state index contributed by atoms with van der Waals surface area (Å²) in [5.74, 6) is -0.564. The fraction of sp³-hybridized carbons (Fsp3) is 0.167. The Balaban J connectivity index is 2.26. The number of carbonyl (C=O) groups excluding carboxylic acids is 1. The summed E-state index contributed by atoms with van der Waals surface area (Å²) in [6.45, 7) is 1.89. The van der Waals surface area contributed by atoms with Crippen molar-refractivity contribution in [2.75, 3.05) is 11.3 Å². The summed E-state index contributed by atoms with van der Waals surface area (Å²) in [5.41, 5.74) is 0. The van der Waals surface area contributed by atoms with E-state index in [2.05, 4.69) is 9.71 Å². The third-order valence-electron chi connectivity index (χ3n) is 2.39. The van der Waals surface area contributed by atoms with Gasteiger partial charge in [-0.3, -0.25) is 4.72 Å². The Morgan fingerprint density at radius 2 is 2.14 bits per heavy atom. The number of halogens is 2. The lowest BCUT2D eigenvalue weighted by atomic mass is 10.4. The zero-order chi connectivity index (χ0) is 16.3. The zero-order valence-corrected chi connectivity index (χ0v) is 14.3. The van der Waals surface area contributed by atoms with Crippen LogP contribution >= 0.6 is 34.5 Å². The van der Waals surface area contributed by atoms with Gasteiger partial charge in [0.15, 0.2) is 5.13 Å². The van der Waals surface area contributed by atoms with Gasteiger partial charge in [-0.15, -0.1) is 0 Å². The number of aromatic nitrogens is 1. The number of sulfonamides is 1. The molecule has 22 heavy (non-hydrogen) atoms. The molecule has 10 heteroatoms. The van der Waals surface area contributed by atoms with Crippen LogP contribution in [-0.4, -0.2) is 26.0 Å². The molecule has 0 spiro atoms. The monoisotopic (exact) mass is 380 g/mol. The Labute approximate surface area is 141 Å². The fourth-order valence-electron chi connectivity index (χ4n) is 1.47. The van der Waals surface area contributed by atoms with Gasteiger partial charge in [0.1, 0.15) is 9.77 Å². The minimum Gasteiger partial charge on any atom is -0.462 e. The van der Waals surface area contributed by atoms with Gasteiger partial charge in [-0.1, -0.05) is 34.5 Å². The fourth-order valence-corrected chi connectivity index (χ4v) is 4.19. The quantitative estimate of drug-likeness (QED) is 0.802. The number of hydrogen-bond acceptors (Lipinski definition) is 6. The minimum atomic E-state index is -3.96. The number of rotatable bonds is 5. The lowest BCUT2D eigenvalue weighted by Gasteiger charge is -2.07. The van der Waals surface area contributed by atoms with Gasteiger partial charge in [0.25, 0.3) is 10.0 Å². The largest absolute Gasteiger partial charge is 0.462 e. The topological polar surface area (TPSA) is 85.4 Å². The molecule has 0 unspecified atom stereocenters. The molecule has 0 saturated heterocycles. The van der Waals surface area contributed by atoms with E-state index in [1.165, 1.54) is 24.4 Å². The van der Waals surface area contributed by atoms with E-state index in [9.17, 15) is 13.2 Å². The second-order valence-electron chi connectivity index (χ2n) is 3.93. The normalized spacial score (nSPS) is 11.2. The molecule has 2 aromatic rings. The number of carbonyl (C=O) groups is 1. The first kappa shape index (κ1) is 17.0. The molecule has 1 heterocycles. The highest BCUT2D eigenvalue weighted by molar-refractivity contribution is 7.93. The van der Waals surface area contributed by atoms with Crippen LogP contribution in [0, 0.1) is 0 Å². The Morgan fingerprint density at radius 3 is 2.82 bits per heavy atom. The van der Waals surface area contributed by atoms with Gasteiger partial charge in [-0.25, -0.2) is 18.2 Å². The van der Waals surface area contributed by atoms with Crippen molar-refractivity contribution in [3.63, 3.8) is 0 Å².